The molecule has 0 atom stereocenters. The SMILES string of the molecule is CCc1cc(OCC=C(F)F)cc(Cl)c1OCCCON=C(C)C. The van der Waals surface area contributed by atoms with Gasteiger partial charge in [-0.25, -0.2) is 0 Å². The molecule has 134 valence electrons. The number of rotatable bonds is 10. The minimum atomic E-state index is -1.78. The van der Waals surface area contributed by atoms with Gasteiger partial charge in [0.05, 0.1) is 17.3 Å². The van der Waals surface area contributed by atoms with Crippen molar-refractivity contribution < 1.29 is 23.1 Å². The molecule has 24 heavy (non-hydrogen) atoms. The maximum Gasteiger partial charge on any atom is 0.269 e. The quantitative estimate of drug-likeness (QED) is 0.325. The van der Waals surface area contributed by atoms with E-state index < -0.39 is 6.08 Å². The third kappa shape index (κ3) is 7.64. The predicted molar refractivity (Wildman–Crippen MR) is 91.5 cm³/mol. The smallest absolute Gasteiger partial charge is 0.269 e. The molecule has 0 spiro atoms. The normalized spacial score (nSPS) is 10.1. The van der Waals surface area contributed by atoms with Crippen LogP contribution in [0.4, 0.5) is 8.78 Å². The number of nitrogens with zero attached hydrogens (tertiary/aromatic N) is 1. The molecule has 1 aromatic carbocycles. The predicted octanol–water partition coefficient (Wildman–Crippen LogP) is 5.24. The van der Waals surface area contributed by atoms with Crippen LogP contribution < -0.4 is 9.47 Å². The third-order valence-electron chi connectivity index (χ3n) is 2.84. The lowest BCUT2D eigenvalue weighted by Gasteiger charge is -2.14. The average molecular weight is 362 g/mol. The van der Waals surface area contributed by atoms with Crippen molar-refractivity contribution in [3.05, 3.63) is 34.9 Å². The van der Waals surface area contributed by atoms with E-state index in [9.17, 15) is 8.78 Å². The summed E-state index contributed by atoms with van der Waals surface area (Å²) in [6.45, 7) is 6.33. The number of oxime groups is 1. The first kappa shape index (κ1) is 20.2. The second-order valence-corrected chi connectivity index (χ2v) is 5.53. The van der Waals surface area contributed by atoms with Crippen molar-refractivity contribution in [3.63, 3.8) is 0 Å². The first-order valence-electron chi connectivity index (χ1n) is 7.66. The van der Waals surface area contributed by atoms with E-state index in [0.29, 0.717) is 48.7 Å². The maximum atomic E-state index is 12.0. The van der Waals surface area contributed by atoms with Gasteiger partial charge in [0.15, 0.2) is 0 Å². The zero-order valence-electron chi connectivity index (χ0n) is 14.1. The highest BCUT2D eigenvalue weighted by Gasteiger charge is 2.11. The van der Waals surface area contributed by atoms with E-state index in [0.717, 1.165) is 11.3 Å². The first-order valence-corrected chi connectivity index (χ1v) is 8.04. The molecule has 0 amide bonds. The molecule has 0 saturated carbocycles. The Hall–Kier alpha value is -1.82. The van der Waals surface area contributed by atoms with Crippen LogP contribution in [0.2, 0.25) is 5.02 Å². The summed E-state index contributed by atoms with van der Waals surface area (Å²) in [7, 11) is 0. The largest absolute Gasteiger partial charge is 0.492 e. The van der Waals surface area contributed by atoms with E-state index in [4.69, 9.17) is 25.9 Å². The number of hydrogen-bond acceptors (Lipinski definition) is 4. The molecule has 1 rings (SSSR count). The zero-order chi connectivity index (χ0) is 17.9. The zero-order valence-corrected chi connectivity index (χ0v) is 14.8. The third-order valence-corrected chi connectivity index (χ3v) is 3.12. The van der Waals surface area contributed by atoms with Crippen LogP contribution in [-0.2, 0) is 11.3 Å². The molecular weight excluding hydrogens is 340 g/mol. The second-order valence-electron chi connectivity index (χ2n) is 5.13. The van der Waals surface area contributed by atoms with Crippen molar-refractivity contribution in [2.75, 3.05) is 19.8 Å². The molecule has 0 bridgehead atoms. The Labute approximate surface area is 146 Å². The fourth-order valence-electron chi connectivity index (χ4n) is 1.80. The van der Waals surface area contributed by atoms with Crippen molar-refractivity contribution in [3.8, 4) is 11.5 Å². The topological polar surface area (TPSA) is 40.0 Å². The van der Waals surface area contributed by atoms with Gasteiger partial charge in [0.1, 0.15) is 24.7 Å². The van der Waals surface area contributed by atoms with Crippen molar-refractivity contribution in [2.24, 2.45) is 5.16 Å². The molecule has 0 radical (unpaired) electrons. The van der Waals surface area contributed by atoms with Crippen LogP contribution in [0.1, 0.15) is 32.8 Å². The Morgan fingerprint density at radius 2 is 1.96 bits per heavy atom. The van der Waals surface area contributed by atoms with Gasteiger partial charge in [-0.2, -0.15) is 8.78 Å². The van der Waals surface area contributed by atoms with Gasteiger partial charge in [0.25, 0.3) is 6.08 Å². The Balaban J connectivity index is 2.60. The Bertz CT molecular complexity index is 583. The monoisotopic (exact) mass is 361 g/mol. The van der Waals surface area contributed by atoms with Crippen LogP contribution in [0.3, 0.4) is 0 Å². The second kappa shape index (κ2) is 10.9. The molecule has 1 aromatic rings. The van der Waals surface area contributed by atoms with Crippen LogP contribution in [0.5, 0.6) is 11.5 Å². The number of halogens is 3. The molecule has 0 saturated heterocycles. The Kier molecular flexibility index (Phi) is 9.15. The van der Waals surface area contributed by atoms with Crippen molar-refractivity contribution in [1.82, 2.24) is 0 Å². The van der Waals surface area contributed by atoms with Gasteiger partial charge in [-0.1, -0.05) is 23.7 Å². The Morgan fingerprint density at radius 3 is 2.58 bits per heavy atom. The van der Waals surface area contributed by atoms with Gasteiger partial charge >= 0.3 is 0 Å². The maximum absolute atomic E-state index is 12.0. The van der Waals surface area contributed by atoms with E-state index in [1.165, 1.54) is 0 Å². The van der Waals surface area contributed by atoms with E-state index in [-0.39, 0.29) is 6.61 Å². The minimum absolute atomic E-state index is 0.212. The lowest BCUT2D eigenvalue weighted by Crippen LogP contribution is -2.04. The van der Waals surface area contributed by atoms with Crippen molar-refractivity contribution >= 4 is 17.3 Å². The number of ether oxygens (including phenoxy) is 2. The molecule has 0 aliphatic heterocycles. The summed E-state index contributed by atoms with van der Waals surface area (Å²) < 4.78 is 35.0. The standard InChI is InChI=1S/C17H22ClF2NO3/c1-4-13-10-14(22-9-6-16(19)20)11-15(18)17(13)23-7-5-8-24-21-12(2)3/h6,10-11H,4-5,7-9H2,1-3H3. The molecule has 0 heterocycles. The highest BCUT2D eigenvalue weighted by Crippen LogP contribution is 2.34. The first-order chi connectivity index (χ1) is 11.4. The number of hydrogen-bond donors (Lipinski definition) is 0. The van der Waals surface area contributed by atoms with Crippen LogP contribution >= 0.6 is 11.6 Å². The fourth-order valence-corrected chi connectivity index (χ4v) is 2.09. The van der Waals surface area contributed by atoms with Crippen molar-refractivity contribution in [2.45, 2.75) is 33.6 Å². The number of aryl methyl sites for hydroxylation is 1. The number of benzene rings is 1. The van der Waals surface area contributed by atoms with Crippen LogP contribution in [0, 0.1) is 0 Å². The lowest BCUT2D eigenvalue weighted by atomic mass is 10.1. The summed E-state index contributed by atoms with van der Waals surface area (Å²) in [6, 6.07) is 3.30. The summed E-state index contributed by atoms with van der Waals surface area (Å²) in [5, 5.41) is 4.22. The van der Waals surface area contributed by atoms with Gasteiger partial charge in [0.2, 0.25) is 0 Å². The molecule has 0 aliphatic carbocycles. The lowest BCUT2D eigenvalue weighted by molar-refractivity contribution is 0.127. The molecule has 0 N–H and O–H groups in total. The molecule has 7 heteroatoms. The molecule has 4 nitrogen and oxygen atoms in total. The van der Waals surface area contributed by atoms with Gasteiger partial charge < -0.3 is 14.3 Å². The van der Waals surface area contributed by atoms with Gasteiger partial charge in [0, 0.05) is 18.6 Å². The summed E-state index contributed by atoms with van der Waals surface area (Å²) in [5.41, 5.74) is 1.70. The van der Waals surface area contributed by atoms with E-state index >= 15 is 0 Å². The van der Waals surface area contributed by atoms with Gasteiger partial charge in [-0.05, 0) is 31.9 Å². The van der Waals surface area contributed by atoms with E-state index in [1.807, 2.05) is 20.8 Å². The van der Waals surface area contributed by atoms with E-state index in [1.54, 1.807) is 12.1 Å². The van der Waals surface area contributed by atoms with Crippen molar-refractivity contribution in [1.29, 1.82) is 0 Å². The highest BCUT2D eigenvalue weighted by atomic mass is 35.5. The summed E-state index contributed by atoms with van der Waals surface area (Å²) >= 11 is 6.21. The molecule has 0 fully saturated rings. The van der Waals surface area contributed by atoms with Gasteiger partial charge in [-0.15, -0.1) is 0 Å². The van der Waals surface area contributed by atoms with Crippen LogP contribution in [0.15, 0.2) is 29.4 Å². The van der Waals surface area contributed by atoms with Crippen LogP contribution in [-0.4, -0.2) is 25.5 Å². The fraction of sp³-hybridized carbons (Fsp3) is 0.471. The minimum Gasteiger partial charge on any atom is -0.492 e. The summed E-state index contributed by atoms with van der Waals surface area (Å²) in [6.07, 6.45) is 0.260. The molecule has 0 aliphatic rings. The summed E-state index contributed by atoms with van der Waals surface area (Å²) in [5.74, 6) is 1.01. The highest BCUT2D eigenvalue weighted by molar-refractivity contribution is 6.32. The average Bonchev–Trinajstić information content (AvgIpc) is 2.51. The molecular formula is C17H22ClF2NO3. The Morgan fingerprint density at radius 1 is 1.21 bits per heavy atom. The molecule has 0 aromatic heterocycles. The van der Waals surface area contributed by atoms with E-state index in [2.05, 4.69) is 5.16 Å². The molecule has 0 unspecified atom stereocenters. The van der Waals surface area contributed by atoms with Gasteiger partial charge in [-0.3, -0.25) is 0 Å². The van der Waals surface area contributed by atoms with Crippen LogP contribution in [0.25, 0.3) is 0 Å². The summed E-state index contributed by atoms with van der Waals surface area (Å²) in [4.78, 5) is 5.09.